The number of hydrogen-bond acceptors (Lipinski definition) is 5. The summed E-state index contributed by atoms with van der Waals surface area (Å²) in [6.45, 7) is 0. The van der Waals surface area contributed by atoms with Gasteiger partial charge in [0, 0.05) is 27.5 Å². The summed E-state index contributed by atoms with van der Waals surface area (Å²) in [7, 11) is 1.55. The van der Waals surface area contributed by atoms with Gasteiger partial charge in [-0.15, -0.1) is 11.3 Å². The van der Waals surface area contributed by atoms with Crippen molar-refractivity contribution in [2.24, 2.45) is 0 Å². The number of aromatic nitrogens is 1. The number of nitriles is 1. The first-order valence-electron chi connectivity index (χ1n) is 8.44. The highest BCUT2D eigenvalue weighted by molar-refractivity contribution is 7.15. The highest BCUT2D eigenvalue weighted by Crippen LogP contribution is 2.27. The summed E-state index contributed by atoms with van der Waals surface area (Å²) >= 11 is 13.5. The monoisotopic (exact) mass is 443 g/mol. The first-order valence-corrected chi connectivity index (χ1v) is 10.0. The Labute approximate surface area is 182 Å². The Balaban J connectivity index is 1.72. The number of halogens is 2. The van der Waals surface area contributed by atoms with Crippen LogP contribution < -0.4 is 10.1 Å². The number of anilines is 1. The molecule has 0 radical (unpaired) electrons. The maximum Gasteiger partial charge on any atom is 0.268 e. The third kappa shape index (κ3) is 5.58. The number of thiazole rings is 1. The third-order valence-corrected chi connectivity index (χ3v) is 5.43. The van der Waals surface area contributed by atoms with E-state index in [1.807, 2.05) is 6.07 Å². The Hall–Kier alpha value is -2.85. The van der Waals surface area contributed by atoms with Crippen LogP contribution in [-0.4, -0.2) is 18.0 Å². The summed E-state index contributed by atoms with van der Waals surface area (Å²) in [4.78, 5) is 17.6. The van der Waals surface area contributed by atoms with E-state index in [0.29, 0.717) is 32.9 Å². The lowest BCUT2D eigenvalue weighted by Gasteiger charge is -2.03. The maximum absolute atomic E-state index is 12.5. The average molecular weight is 444 g/mol. The Morgan fingerprint density at radius 3 is 2.90 bits per heavy atom. The van der Waals surface area contributed by atoms with Crippen molar-refractivity contribution < 1.29 is 9.53 Å². The molecule has 1 N–H and O–H groups in total. The van der Waals surface area contributed by atoms with Crippen LogP contribution in [0.15, 0.2) is 54.2 Å². The van der Waals surface area contributed by atoms with E-state index in [-0.39, 0.29) is 5.57 Å². The zero-order chi connectivity index (χ0) is 20.8. The first-order chi connectivity index (χ1) is 14.0. The second-order valence-electron chi connectivity index (χ2n) is 5.94. The molecule has 8 heteroatoms. The highest BCUT2D eigenvalue weighted by Gasteiger charge is 2.13. The molecule has 0 aliphatic rings. The predicted octanol–water partition coefficient (Wildman–Crippen LogP) is 5.59. The van der Waals surface area contributed by atoms with Crippen LogP contribution in [0.1, 0.15) is 16.0 Å². The number of nitrogens with zero attached hydrogens (tertiary/aromatic N) is 2. The summed E-state index contributed by atoms with van der Waals surface area (Å²) in [5, 5.41) is 13.6. The molecule has 0 saturated heterocycles. The number of rotatable bonds is 6. The first kappa shape index (κ1) is 20.9. The summed E-state index contributed by atoms with van der Waals surface area (Å²) < 4.78 is 5.15. The Bertz CT molecular complexity index is 1120. The molecular weight excluding hydrogens is 429 g/mol. The Morgan fingerprint density at radius 2 is 2.14 bits per heavy atom. The highest BCUT2D eigenvalue weighted by atomic mass is 35.5. The molecular formula is C21H15Cl2N3O2S. The molecule has 3 rings (SSSR count). The summed E-state index contributed by atoms with van der Waals surface area (Å²) in [5.74, 6) is 0.109. The SMILES string of the molecule is COc1cccc(/C=C(\C#N)C(=O)Nc2ncc(Cc3cc(Cl)ccc3Cl)s2)c1. The molecule has 1 amide bonds. The normalized spacial score (nSPS) is 11.0. The van der Waals surface area contributed by atoms with Crippen LogP contribution in [-0.2, 0) is 11.2 Å². The van der Waals surface area contributed by atoms with Crippen molar-refractivity contribution >= 4 is 51.7 Å². The number of nitrogens with one attached hydrogen (secondary N) is 1. The van der Waals surface area contributed by atoms with Crippen LogP contribution in [0.5, 0.6) is 5.75 Å². The number of methoxy groups -OCH3 is 1. The predicted molar refractivity (Wildman–Crippen MR) is 117 cm³/mol. The number of carbonyl (C=O) groups excluding carboxylic acids is 1. The number of ether oxygens (including phenoxy) is 1. The fraction of sp³-hybridized carbons (Fsp3) is 0.0952. The van der Waals surface area contributed by atoms with Gasteiger partial charge in [0.05, 0.1) is 7.11 Å². The largest absolute Gasteiger partial charge is 0.497 e. The molecule has 29 heavy (non-hydrogen) atoms. The van der Waals surface area contributed by atoms with Gasteiger partial charge in [0.25, 0.3) is 5.91 Å². The molecule has 3 aromatic rings. The minimum Gasteiger partial charge on any atom is -0.497 e. The van der Waals surface area contributed by atoms with Gasteiger partial charge in [-0.25, -0.2) is 4.98 Å². The lowest BCUT2D eigenvalue weighted by Crippen LogP contribution is -2.13. The van der Waals surface area contributed by atoms with Crippen molar-refractivity contribution in [2.45, 2.75) is 6.42 Å². The van der Waals surface area contributed by atoms with Crippen LogP contribution in [0, 0.1) is 11.3 Å². The Kier molecular flexibility index (Phi) is 6.89. The molecule has 0 aliphatic heterocycles. The van der Waals surface area contributed by atoms with Crippen LogP contribution in [0.4, 0.5) is 5.13 Å². The van der Waals surface area contributed by atoms with Gasteiger partial charge in [0.2, 0.25) is 0 Å². The van der Waals surface area contributed by atoms with E-state index in [4.69, 9.17) is 27.9 Å². The molecule has 0 saturated carbocycles. The van der Waals surface area contributed by atoms with Crippen LogP contribution in [0.3, 0.4) is 0 Å². The zero-order valence-corrected chi connectivity index (χ0v) is 17.6. The van der Waals surface area contributed by atoms with Crippen molar-refractivity contribution in [2.75, 3.05) is 12.4 Å². The van der Waals surface area contributed by atoms with Gasteiger partial charge >= 0.3 is 0 Å². The third-order valence-electron chi connectivity index (χ3n) is 3.92. The summed E-state index contributed by atoms with van der Waals surface area (Å²) in [6, 6.07) is 14.3. The van der Waals surface area contributed by atoms with Crippen LogP contribution >= 0.6 is 34.5 Å². The molecule has 0 spiro atoms. The van der Waals surface area contributed by atoms with E-state index in [0.717, 1.165) is 10.4 Å². The number of hydrogen-bond donors (Lipinski definition) is 1. The second-order valence-corrected chi connectivity index (χ2v) is 7.90. The van der Waals surface area contributed by atoms with Gasteiger partial charge in [0.1, 0.15) is 17.4 Å². The minimum atomic E-state index is -0.531. The van der Waals surface area contributed by atoms with Gasteiger partial charge < -0.3 is 4.74 Å². The summed E-state index contributed by atoms with van der Waals surface area (Å²) in [5.41, 5.74) is 1.52. The van der Waals surface area contributed by atoms with Crippen molar-refractivity contribution in [1.82, 2.24) is 4.98 Å². The molecule has 0 aliphatic carbocycles. The molecule has 5 nitrogen and oxygen atoms in total. The van der Waals surface area contributed by atoms with Gasteiger partial charge in [-0.05, 0) is 47.5 Å². The second kappa shape index (κ2) is 9.57. The average Bonchev–Trinajstić information content (AvgIpc) is 3.15. The van der Waals surface area contributed by atoms with E-state index in [2.05, 4.69) is 10.3 Å². The van der Waals surface area contributed by atoms with Gasteiger partial charge in [-0.2, -0.15) is 5.26 Å². The van der Waals surface area contributed by atoms with Gasteiger partial charge in [-0.3, -0.25) is 10.1 Å². The quantitative estimate of drug-likeness (QED) is 0.397. The molecule has 0 atom stereocenters. The van der Waals surface area contributed by atoms with E-state index in [9.17, 15) is 10.1 Å². The smallest absolute Gasteiger partial charge is 0.268 e. The fourth-order valence-electron chi connectivity index (χ4n) is 2.52. The number of amides is 1. The van der Waals surface area contributed by atoms with Crippen molar-refractivity contribution in [3.8, 4) is 11.8 Å². The molecule has 0 bridgehead atoms. The molecule has 1 heterocycles. The fourth-order valence-corrected chi connectivity index (χ4v) is 3.73. The lowest BCUT2D eigenvalue weighted by molar-refractivity contribution is -0.112. The zero-order valence-electron chi connectivity index (χ0n) is 15.3. The van der Waals surface area contributed by atoms with E-state index in [1.54, 1.807) is 55.8 Å². The maximum atomic E-state index is 12.5. The van der Waals surface area contributed by atoms with Crippen LogP contribution in [0.2, 0.25) is 10.0 Å². The summed E-state index contributed by atoms with van der Waals surface area (Å²) in [6.07, 6.45) is 3.70. The van der Waals surface area contributed by atoms with Gasteiger partial charge in [0.15, 0.2) is 5.13 Å². The molecule has 0 unspecified atom stereocenters. The van der Waals surface area contributed by atoms with Crippen molar-refractivity contribution in [3.63, 3.8) is 0 Å². The molecule has 2 aromatic carbocycles. The van der Waals surface area contributed by atoms with Crippen LogP contribution in [0.25, 0.3) is 6.08 Å². The van der Waals surface area contributed by atoms with E-state index in [1.165, 1.54) is 17.4 Å². The molecule has 1 aromatic heterocycles. The molecule has 146 valence electrons. The molecule has 0 fully saturated rings. The number of benzene rings is 2. The van der Waals surface area contributed by atoms with Crippen molar-refractivity contribution in [1.29, 1.82) is 5.26 Å². The van der Waals surface area contributed by atoms with Crippen molar-refractivity contribution in [3.05, 3.63) is 80.3 Å². The Morgan fingerprint density at radius 1 is 1.31 bits per heavy atom. The van der Waals surface area contributed by atoms with Gasteiger partial charge in [-0.1, -0.05) is 35.3 Å². The number of carbonyl (C=O) groups is 1. The van der Waals surface area contributed by atoms with E-state index >= 15 is 0 Å². The standard InChI is InChI=1S/C21H15Cl2N3O2S/c1-28-17-4-2-3-13(8-17)7-15(11-24)20(27)26-21-25-12-18(29-21)10-14-9-16(22)5-6-19(14)23/h2-9,12H,10H2,1H3,(H,25,26,27)/b15-7+. The minimum absolute atomic E-state index is 0.0344. The lowest BCUT2D eigenvalue weighted by atomic mass is 10.1. The topological polar surface area (TPSA) is 75.0 Å². The van der Waals surface area contributed by atoms with E-state index < -0.39 is 5.91 Å².